The van der Waals surface area contributed by atoms with Gasteiger partial charge in [-0.1, -0.05) is 32.9 Å². The summed E-state index contributed by atoms with van der Waals surface area (Å²) in [6.45, 7) is 7.20. The van der Waals surface area contributed by atoms with Gasteiger partial charge in [-0.2, -0.15) is 0 Å². The van der Waals surface area contributed by atoms with Crippen LogP contribution in [0.25, 0.3) is 0 Å². The zero-order chi connectivity index (χ0) is 17.3. The maximum absolute atomic E-state index is 12.0. The maximum Gasteiger partial charge on any atom is 0.262 e. The molecular formula is C18H23N3O3. The van der Waals surface area contributed by atoms with Crippen molar-refractivity contribution in [2.75, 3.05) is 18.5 Å². The molecule has 0 radical (unpaired) electrons. The molecule has 1 atom stereocenters. The van der Waals surface area contributed by atoms with Crippen LogP contribution in [0.3, 0.4) is 0 Å². The van der Waals surface area contributed by atoms with Crippen LogP contribution in [-0.2, 0) is 16.8 Å². The number of likely N-dealkylation sites (N-methyl/N-ethyl adjacent to an activating group) is 1. The molecule has 0 saturated carbocycles. The van der Waals surface area contributed by atoms with Gasteiger partial charge in [0.15, 0.2) is 6.10 Å². The lowest BCUT2D eigenvalue weighted by Crippen LogP contribution is -2.48. The quantitative estimate of drug-likeness (QED) is 0.937. The lowest BCUT2D eigenvalue weighted by Gasteiger charge is -2.34. The van der Waals surface area contributed by atoms with Crippen LogP contribution >= 0.6 is 0 Å². The minimum atomic E-state index is -0.554. The van der Waals surface area contributed by atoms with Crippen LogP contribution in [0.2, 0.25) is 0 Å². The topological polar surface area (TPSA) is 67.6 Å². The third-order valence-electron chi connectivity index (χ3n) is 4.02. The SMILES string of the molecule is CNC(=O)[C@H]1CN(Cc2ncc(C(C)(C)C)o2)c2ccccc2O1. The number of hydrogen-bond donors (Lipinski definition) is 1. The molecule has 0 bridgehead atoms. The summed E-state index contributed by atoms with van der Waals surface area (Å²) < 4.78 is 11.7. The molecule has 6 nitrogen and oxygen atoms in total. The van der Waals surface area contributed by atoms with Crippen LogP contribution < -0.4 is 15.0 Å². The third-order valence-corrected chi connectivity index (χ3v) is 4.02. The fourth-order valence-corrected chi connectivity index (χ4v) is 2.65. The van der Waals surface area contributed by atoms with Gasteiger partial charge in [0.05, 0.1) is 25.0 Å². The van der Waals surface area contributed by atoms with Crippen molar-refractivity contribution in [2.24, 2.45) is 0 Å². The van der Waals surface area contributed by atoms with E-state index in [-0.39, 0.29) is 11.3 Å². The lowest BCUT2D eigenvalue weighted by atomic mass is 9.94. The summed E-state index contributed by atoms with van der Waals surface area (Å²) in [6.07, 6.45) is 1.22. The van der Waals surface area contributed by atoms with Gasteiger partial charge in [0.25, 0.3) is 5.91 Å². The van der Waals surface area contributed by atoms with Crippen molar-refractivity contribution in [2.45, 2.75) is 38.8 Å². The molecule has 0 unspecified atom stereocenters. The molecule has 0 spiro atoms. The predicted octanol–water partition coefficient (Wildman–Crippen LogP) is 2.49. The Morgan fingerprint density at radius 3 is 2.79 bits per heavy atom. The Hall–Kier alpha value is -2.50. The summed E-state index contributed by atoms with van der Waals surface area (Å²) in [5, 5.41) is 2.64. The minimum Gasteiger partial charge on any atom is -0.477 e. The normalized spacial score (nSPS) is 17.2. The van der Waals surface area contributed by atoms with Crippen LogP contribution in [0.4, 0.5) is 5.69 Å². The van der Waals surface area contributed by atoms with E-state index >= 15 is 0 Å². The Balaban J connectivity index is 1.86. The van der Waals surface area contributed by atoms with E-state index in [0.29, 0.717) is 24.7 Å². The highest BCUT2D eigenvalue weighted by atomic mass is 16.5. The molecule has 0 saturated heterocycles. The Labute approximate surface area is 141 Å². The van der Waals surface area contributed by atoms with Crippen LogP contribution in [0.1, 0.15) is 32.4 Å². The van der Waals surface area contributed by atoms with Gasteiger partial charge in [0.1, 0.15) is 11.5 Å². The lowest BCUT2D eigenvalue weighted by molar-refractivity contribution is -0.127. The summed E-state index contributed by atoms with van der Waals surface area (Å²) in [7, 11) is 1.61. The molecule has 0 fully saturated rings. The second kappa shape index (κ2) is 6.19. The number of carbonyl (C=O) groups is 1. The van der Waals surface area contributed by atoms with Crippen molar-refractivity contribution < 1.29 is 13.9 Å². The molecule has 2 heterocycles. The first-order chi connectivity index (χ1) is 11.4. The number of ether oxygens (including phenoxy) is 1. The van der Waals surface area contributed by atoms with Crippen LogP contribution in [0.15, 0.2) is 34.9 Å². The van der Waals surface area contributed by atoms with Gasteiger partial charge >= 0.3 is 0 Å². The number of amides is 1. The van der Waals surface area contributed by atoms with Crippen molar-refractivity contribution in [3.8, 4) is 5.75 Å². The number of para-hydroxylation sites is 2. The molecule has 1 aromatic heterocycles. The van der Waals surface area contributed by atoms with E-state index in [4.69, 9.17) is 9.15 Å². The van der Waals surface area contributed by atoms with E-state index in [9.17, 15) is 4.79 Å². The van der Waals surface area contributed by atoms with E-state index in [1.165, 1.54) is 0 Å². The zero-order valence-corrected chi connectivity index (χ0v) is 14.5. The zero-order valence-electron chi connectivity index (χ0n) is 14.5. The first-order valence-corrected chi connectivity index (χ1v) is 8.06. The molecule has 128 valence electrons. The van der Waals surface area contributed by atoms with Gasteiger partial charge in [0, 0.05) is 12.5 Å². The number of fused-ring (bicyclic) bond motifs is 1. The molecule has 1 aliphatic heterocycles. The number of anilines is 1. The van der Waals surface area contributed by atoms with Crippen molar-refractivity contribution in [1.29, 1.82) is 0 Å². The fraction of sp³-hybridized carbons (Fsp3) is 0.444. The number of oxazole rings is 1. The van der Waals surface area contributed by atoms with Crippen molar-refractivity contribution >= 4 is 11.6 Å². The van der Waals surface area contributed by atoms with Gasteiger partial charge in [-0.05, 0) is 12.1 Å². The number of nitrogens with one attached hydrogen (secondary N) is 1. The van der Waals surface area contributed by atoms with Gasteiger partial charge in [-0.15, -0.1) is 0 Å². The molecule has 1 N–H and O–H groups in total. The molecule has 1 aromatic carbocycles. The smallest absolute Gasteiger partial charge is 0.262 e. The highest BCUT2D eigenvalue weighted by Crippen LogP contribution is 2.34. The number of rotatable bonds is 3. The molecule has 2 aromatic rings. The summed E-state index contributed by atoms with van der Waals surface area (Å²) in [5.41, 5.74) is 0.854. The molecule has 1 aliphatic rings. The largest absolute Gasteiger partial charge is 0.477 e. The highest BCUT2D eigenvalue weighted by molar-refractivity contribution is 5.83. The summed E-state index contributed by atoms with van der Waals surface area (Å²) in [4.78, 5) is 18.5. The maximum atomic E-state index is 12.0. The van der Waals surface area contributed by atoms with Gasteiger partial charge in [-0.25, -0.2) is 4.98 Å². The molecule has 3 rings (SSSR count). The first-order valence-electron chi connectivity index (χ1n) is 8.06. The Bertz CT molecular complexity index is 733. The third kappa shape index (κ3) is 3.22. The van der Waals surface area contributed by atoms with Gasteiger partial charge in [0.2, 0.25) is 5.89 Å². The molecule has 24 heavy (non-hydrogen) atoms. The number of benzene rings is 1. The number of hydrogen-bond acceptors (Lipinski definition) is 5. The summed E-state index contributed by atoms with van der Waals surface area (Å²) >= 11 is 0. The fourth-order valence-electron chi connectivity index (χ4n) is 2.65. The Kier molecular flexibility index (Phi) is 4.22. The minimum absolute atomic E-state index is 0.0845. The van der Waals surface area contributed by atoms with E-state index in [1.807, 2.05) is 24.3 Å². The van der Waals surface area contributed by atoms with Crippen LogP contribution in [0.5, 0.6) is 5.75 Å². The predicted molar refractivity (Wildman–Crippen MR) is 91.2 cm³/mol. The summed E-state index contributed by atoms with van der Waals surface area (Å²) in [5.74, 6) is 2.03. The van der Waals surface area contributed by atoms with E-state index in [1.54, 1.807) is 13.2 Å². The standard InChI is InChI=1S/C18H23N3O3/c1-18(2,3)15-9-20-16(24-15)11-21-10-14(17(22)19-4)23-13-8-6-5-7-12(13)21/h5-9,14H,10-11H2,1-4H3,(H,19,22)/t14-/m1/s1. The van der Waals surface area contributed by atoms with E-state index in [2.05, 4.69) is 36.0 Å². The van der Waals surface area contributed by atoms with Crippen molar-refractivity contribution in [1.82, 2.24) is 10.3 Å². The second-order valence-corrected chi connectivity index (χ2v) is 6.94. The molecule has 0 aliphatic carbocycles. The van der Waals surface area contributed by atoms with Crippen molar-refractivity contribution in [3.05, 3.63) is 42.1 Å². The number of nitrogens with zero attached hydrogens (tertiary/aromatic N) is 2. The van der Waals surface area contributed by atoms with Crippen molar-refractivity contribution in [3.63, 3.8) is 0 Å². The molecule has 6 heteroatoms. The molecular weight excluding hydrogens is 306 g/mol. The van der Waals surface area contributed by atoms with Gasteiger partial charge in [-0.3, -0.25) is 4.79 Å². The second-order valence-electron chi connectivity index (χ2n) is 6.94. The average Bonchev–Trinajstić information content (AvgIpc) is 3.03. The Morgan fingerprint density at radius 1 is 1.38 bits per heavy atom. The van der Waals surface area contributed by atoms with Crippen LogP contribution in [-0.4, -0.2) is 30.6 Å². The van der Waals surface area contributed by atoms with E-state index < -0.39 is 6.10 Å². The van der Waals surface area contributed by atoms with Gasteiger partial charge < -0.3 is 19.4 Å². The Morgan fingerprint density at radius 2 is 2.12 bits per heavy atom. The highest BCUT2D eigenvalue weighted by Gasteiger charge is 2.31. The van der Waals surface area contributed by atoms with E-state index in [0.717, 1.165) is 11.4 Å². The first kappa shape index (κ1) is 16.4. The number of aromatic nitrogens is 1. The number of carbonyl (C=O) groups excluding carboxylic acids is 1. The average molecular weight is 329 g/mol. The van der Waals surface area contributed by atoms with Crippen LogP contribution in [0, 0.1) is 0 Å². The molecule has 1 amide bonds. The summed E-state index contributed by atoms with van der Waals surface area (Å²) in [6, 6.07) is 7.69. The monoisotopic (exact) mass is 329 g/mol.